The van der Waals surface area contributed by atoms with Gasteiger partial charge in [0.2, 0.25) is 0 Å². The summed E-state index contributed by atoms with van der Waals surface area (Å²) in [7, 11) is 0. The molecule has 0 spiro atoms. The van der Waals surface area contributed by atoms with Gasteiger partial charge in [-0.15, -0.1) is 0 Å². The fourth-order valence-electron chi connectivity index (χ4n) is 5.80. The van der Waals surface area contributed by atoms with Crippen molar-refractivity contribution in [2.24, 2.45) is 16.7 Å². The Labute approximate surface area is 230 Å². The Hall–Kier alpha value is -4.41. The smallest absolute Gasteiger partial charge is 0.338 e. The number of esters is 2. The van der Waals surface area contributed by atoms with E-state index in [9.17, 15) is 34.6 Å². The number of carbonyl (C=O) groups is 3. The molecule has 4 rings (SSSR count). The summed E-state index contributed by atoms with van der Waals surface area (Å²) in [5, 5.41) is 21.9. The normalized spacial score (nSPS) is 18.3. The third kappa shape index (κ3) is 5.78. The van der Waals surface area contributed by atoms with Gasteiger partial charge in [-0.3, -0.25) is 20.2 Å². The number of ether oxygens (including phenoxy) is 2. The minimum Gasteiger partial charge on any atom is -0.461 e. The van der Waals surface area contributed by atoms with Crippen molar-refractivity contribution in [3.05, 3.63) is 91.0 Å². The fourth-order valence-corrected chi connectivity index (χ4v) is 5.80. The van der Waals surface area contributed by atoms with Crippen LogP contribution in [0.2, 0.25) is 0 Å². The van der Waals surface area contributed by atoms with Gasteiger partial charge < -0.3 is 14.3 Å². The lowest BCUT2D eigenvalue weighted by molar-refractivity contribution is -0.385. The van der Waals surface area contributed by atoms with Crippen LogP contribution < -0.4 is 0 Å². The van der Waals surface area contributed by atoms with Gasteiger partial charge in [0.25, 0.3) is 11.4 Å². The van der Waals surface area contributed by atoms with Crippen molar-refractivity contribution in [1.82, 2.24) is 0 Å². The van der Waals surface area contributed by atoms with E-state index in [4.69, 9.17) is 9.47 Å². The number of nitro benzene ring substituents is 2. The van der Waals surface area contributed by atoms with E-state index in [1.807, 2.05) is 0 Å². The maximum atomic E-state index is 12.8. The summed E-state index contributed by atoms with van der Waals surface area (Å²) in [6, 6.07) is 10.2. The Bertz CT molecular complexity index is 1320. The van der Waals surface area contributed by atoms with Gasteiger partial charge in [-0.1, -0.05) is 25.0 Å². The van der Waals surface area contributed by atoms with Crippen molar-refractivity contribution in [2.45, 2.75) is 46.5 Å². The van der Waals surface area contributed by atoms with Crippen molar-refractivity contribution >= 4 is 29.1 Å². The summed E-state index contributed by atoms with van der Waals surface area (Å²) in [5.41, 5.74) is 1.55. The zero-order valence-electron chi connectivity index (χ0n) is 22.5. The zero-order valence-corrected chi connectivity index (χ0v) is 22.5. The molecule has 0 amide bonds. The van der Waals surface area contributed by atoms with Crippen molar-refractivity contribution in [3.63, 3.8) is 0 Å². The van der Waals surface area contributed by atoms with Crippen LogP contribution >= 0.6 is 0 Å². The van der Waals surface area contributed by atoms with Crippen molar-refractivity contribution < 1.29 is 33.7 Å². The Morgan fingerprint density at radius 2 is 1.30 bits per heavy atom. The molecule has 11 nitrogen and oxygen atoms in total. The van der Waals surface area contributed by atoms with Gasteiger partial charge in [0.1, 0.15) is 19.0 Å². The summed E-state index contributed by atoms with van der Waals surface area (Å²) < 4.78 is 11.3. The van der Waals surface area contributed by atoms with Crippen LogP contribution in [0.1, 0.15) is 67.2 Å². The first-order valence-electron chi connectivity index (χ1n) is 12.9. The summed E-state index contributed by atoms with van der Waals surface area (Å²) in [6.07, 6.45) is 2.21. The highest BCUT2D eigenvalue weighted by molar-refractivity contribution is 5.90. The molecule has 40 heavy (non-hydrogen) atoms. The first-order chi connectivity index (χ1) is 18.8. The first-order valence-corrected chi connectivity index (χ1v) is 12.9. The van der Waals surface area contributed by atoms with E-state index in [1.54, 1.807) is 6.92 Å². The van der Waals surface area contributed by atoms with Gasteiger partial charge in [0, 0.05) is 36.1 Å². The lowest BCUT2D eigenvalue weighted by Crippen LogP contribution is -2.37. The lowest BCUT2D eigenvalue weighted by Gasteiger charge is -2.46. The third-order valence-electron chi connectivity index (χ3n) is 8.03. The van der Waals surface area contributed by atoms with Crippen LogP contribution in [0.4, 0.5) is 11.4 Å². The number of fused-ring (bicyclic) bond motifs is 1. The number of rotatable bonds is 11. The number of hydrogen-bond donors (Lipinski definition) is 0. The van der Waals surface area contributed by atoms with Crippen LogP contribution in [-0.2, 0) is 14.3 Å². The van der Waals surface area contributed by atoms with Gasteiger partial charge in [-0.2, -0.15) is 0 Å². The number of allylic oxidation sites excluding steroid dienone is 2. The van der Waals surface area contributed by atoms with E-state index >= 15 is 0 Å². The van der Waals surface area contributed by atoms with Crippen LogP contribution in [0.3, 0.4) is 0 Å². The molecule has 2 aromatic rings. The number of non-ortho nitro benzene ring substituents is 2. The number of ketones is 1. The van der Waals surface area contributed by atoms with Crippen molar-refractivity contribution in [3.8, 4) is 0 Å². The Morgan fingerprint density at radius 1 is 0.850 bits per heavy atom. The van der Waals surface area contributed by atoms with Gasteiger partial charge in [-0.05, 0) is 61.8 Å². The second kappa shape index (κ2) is 11.0. The standard InChI is InChI=1S/C29H30N2O9/c1-18(32)4-13-24-23-14-29(15-25(23)28(24,2)3,16-39-26(33)19-5-9-21(10-6-19)30(35)36)17-40-27(34)20-7-11-22(12-8-20)31(37)38/h5-12,25H,4,13-17H2,1-3H3. The van der Waals surface area contributed by atoms with E-state index in [0.29, 0.717) is 25.7 Å². The van der Waals surface area contributed by atoms with Crippen LogP contribution in [0.5, 0.6) is 0 Å². The molecule has 0 radical (unpaired) electrons. The van der Waals surface area contributed by atoms with E-state index < -0.39 is 27.2 Å². The molecule has 0 aromatic heterocycles. The molecule has 0 bridgehead atoms. The van der Waals surface area contributed by atoms with Gasteiger partial charge in [0.05, 0.1) is 21.0 Å². The molecule has 0 heterocycles. The van der Waals surface area contributed by atoms with E-state index in [2.05, 4.69) is 13.8 Å². The SMILES string of the molecule is CC(=O)CCC1=C2CC(COC(=O)c3ccc([N+](=O)[O-])cc3)(COC(=O)c3ccc([N+](=O)[O-])cc3)CC2C1(C)C. The van der Waals surface area contributed by atoms with E-state index in [1.165, 1.54) is 59.7 Å². The first kappa shape index (κ1) is 28.6. The number of benzene rings is 2. The maximum absolute atomic E-state index is 12.8. The highest BCUT2D eigenvalue weighted by Gasteiger charge is 2.57. The Kier molecular flexibility index (Phi) is 7.86. The number of carbonyl (C=O) groups excluding carboxylic acids is 3. The van der Waals surface area contributed by atoms with Crippen molar-refractivity contribution in [2.75, 3.05) is 13.2 Å². The van der Waals surface area contributed by atoms with E-state index in [-0.39, 0.29) is 52.8 Å². The largest absolute Gasteiger partial charge is 0.461 e. The molecule has 1 atom stereocenters. The monoisotopic (exact) mass is 550 g/mol. The van der Waals surface area contributed by atoms with Gasteiger partial charge in [-0.25, -0.2) is 9.59 Å². The predicted octanol–water partition coefficient (Wildman–Crippen LogP) is 5.62. The number of nitrogens with zero attached hydrogens (tertiary/aromatic N) is 2. The molecule has 210 valence electrons. The highest BCUT2D eigenvalue weighted by Crippen LogP contribution is 2.64. The Balaban J connectivity index is 1.53. The number of nitro groups is 2. The average molecular weight is 551 g/mol. The summed E-state index contributed by atoms with van der Waals surface area (Å²) in [6.45, 7) is 5.71. The molecule has 1 saturated carbocycles. The van der Waals surface area contributed by atoms with Crippen LogP contribution in [0, 0.1) is 37.0 Å². The number of hydrogen-bond acceptors (Lipinski definition) is 9. The van der Waals surface area contributed by atoms with Gasteiger partial charge in [0.15, 0.2) is 0 Å². The molecular formula is C29H30N2O9. The molecule has 2 aliphatic carbocycles. The molecule has 2 aromatic carbocycles. The quantitative estimate of drug-likeness (QED) is 0.150. The average Bonchev–Trinajstić information content (AvgIpc) is 3.28. The third-order valence-corrected chi connectivity index (χ3v) is 8.03. The van der Waals surface area contributed by atoms with E-state index in [0.717, 1.165) is 0 Å². The molecule has 1 unspecified atom stereocenters. The molecule has 1 fully saturated rings. The molecule has 2 aliphatic rings. The topological polar surface area (TPSA) is 156 Å². The molecule has 0 saturated heterocycles. The summed E-state index contributed by atoms with van der Waals surface area (Å²) in [4.78, 5) is 58.0. The Morgan fingerprint density at radius 3 is 1.70 bits per heavy atom. The van der Waals surface area contributed by atoms with Crippen LogP contribution in [0.25, 0.3) is 0 Å². The minimum atomic E-state index is -0.720. The summed E-state index contributed by atoms with van der Waals surface area (Å²) >= 11 is 0. The molecular weight excluding hydrogens is 520 g/mol. The van der Waals surface area contributed by atoms with Crippen LogP contribution in [-0.4, -0.2) is 40.8 Å². The number of Topliss-reactive ketones (excluding diaryl/α,β-unsaturated/α-hetero) is 1. The second-order valence-corrected chi connectivity index (χ2v) is 11.1. The molecule has 11 heteroatoms. The minimum absolute atomic E-state index is 0.0492. The molecule has 0 aliphatic heterocycles. The molecule has 0 N–H and O–H groups in total. The van der Waals surface area contributed by atoms with Crippen LogP contribution in [0.15, 0.2) is 59.7 Å². The summed E-state index contributed by atoms with van der Waals surface area (Å²) in [5.74, 6) is -1.03. The highest BCUT2D eigenvalue weighted by atomic mass is 16.6. The van der Waals surface area contributed by atoms with Gasteiger partial charge >= 0.3 is 11.9 Å². The fraction of sp³-hybridized carbons (Fsp3) is 0.414. The zero-order chi connectivity index (χ0) is 29.2. The lowest BCUT2D eigenvalue weighted by atomic mass is 9.58. The predicted molar refractivity (Wildman–Crippen MR) is 143 cm³/mol. The second-order valence-electron chi connectivity index (χ2n) is 11.1. The maximum Gasteiger partial charge on any atom is 0.338 e. The van der Waals surface area contributed by atoms with Crippen molar-refractivity contribution in [1.29, 1.82) is 0 Å².